The SMILES string of the molecule is F[B-](F)(F)COc1ccc2cc(Br)ccc2c1. The molecule has 0 unspecified atom stereocenters. The molecule has 0 aliphatic rings. The van der Waals surface area contributed by atoms with Crippen LogP contribution < -0.4 is 4.74 Å². The minimum absolute atomic E-state index is 0.235. The van der Waals surface area contributed by atoms with Crippen LogP contribution in [0.25, 0.3) is 10.8 Å². The Labute approximate surface area is 105 Å². The van der Waals surface area contributed by atoms with E-state index in [1.807, 2.05) is 18.2 Å². The normalized spacial score (nSPS) is 11.8. The molecule has 0 saturated carbocycles. The van der Waals surface area contributed by atoms with Gasteiger partial charge < -0.3 is 17.7 Å². The summed E-state index contributed by atoms with van der Waals surface area (Å²) in [6.45, 7) is -6.12. The zero-order valence-corrected chi connectivity index (χ0v) is 10.3. The van der Waals surface area contributed by atoms with Gasteiger partial charge in [0.05, 0.1) is 6.51 Å². The van der Waals surface area contributed by atoms with Crippen molar-refractivity contribution in [2.75, 3.05) is 6.51 Å². The van der Waals surface area contributed by atoms with Gasteiger partial charge >= 0.3 is 6.98 Å². The maximum Gasteiger partial charge on any atom is 0.515 e. The van der Waals surface area contributed by atoms with Gasteiger partial charge in [-0.2, -0.15) is 0 Å². The van der Waals surface area contributed by atoms with Crippen LogP contribution >= 0.6 is 15.9 Å². The van der Waals surface area contributed by atoms with Gasteiger partial charge in [-0.1, -0.05) is 28.1 Å². The Hall–Kier alpha value is -1.17. The van der Waals surface area contributed by atoms with Crippen molar-refractivity contribution in [3.63, 3.8) is 0 Å². The third kappa shape index (κ3) is 3.39. The van der Waals surface area contributed by atoms with Crippen LogP contribution in [-0.2, 0) is 0 Å². The maximum atomic E-state index is 12.0. The Morgan fingerprint density at radius 3 is 2.35 bits per heavy atom. The number of hydrogen-bond acceptors (Lipinski definition) is 1. The van der Waals surface area contributed by atoms with Gasteiger partial charge in [0.2, 0.25) is 0 Å². The molecule has 17 heavy (non-hydrogen) atoms. The first-order chi connectivity index (χ1) is 7.94. The summed E-state index contributed by atoms with van der Waals surface area (Å²) in [5, 5.41) is 1.80. The summed E-state index contributed by atoms with van der Waals surface area (Å²) in [5.41, 5.74) is 0. The van der Waals surface area contributed by atoms with Crippen molar-refractivity contribution >= 4 is 33.7 Å². The Kier molecular flexibility index (Phi) is 3.33. The molecule has 0 atom stereocenters. The summed E-state index contributed by atoms with van der Waals surface area (Å²) < 4.78 is 41.7. The number of hydrogen-bond donors (Lipinski definition) is 0. The third-order valence-corrected chi connectivity index (χ3v) is 2.71. The van der Waals surface area contributed by atoms with E-state index in [0.717, 1.165) is 15.2 Å². The van der Waals surface area contributed by atoms with Gasteiger partial charge in [0, 0.05) is 4.47 Å². The minimum atomic E-state index is -4.91. The molecule has 0 amide bonds. The fraction of sp³-hybridized carbons (Fsp3) is 0.0909. The van der Waals surface area contributed by atoms with Crippen LogP contribution in [0.2, 0.25) is 0 Å². The third-order valence-electron chi connectivity index (χ3n) is 2.21. The highest BCUT2D eigenvalue weighted by molar-refractivity contribution is 9.10. The largest absolute Gasteiger partial charge is 0.522 e. The first-order valence-electron chi connectivity index (χ1n) is 4.97. The highest BCUT2D eigenvalue weighted by Crippen LogP contribution is 2.24. The van der Waals surface area contributed by atoms with Crippen molar-refractivity contribution in [2.45, 2.75) is 0 Å². The van der Waals surface area contributed by atoms with E-state index in [0.29, 0.717) is 0 Å². The Bertz CT molecular complexity index is 542. The van der Waals surface area contributed by atoms with Crippen LogP contribution in [0, 0.1) is 0 Å². The van der Waals surface area contributed by atoms with Crippen LogP contribution in [0.1, 0.15) is 0 Å². The van der Waals surface area contributed by atoms with Crippen molar-refractivity contribution in [1.82, 2.24) is 0 Å². The van der Waals surface area contributed by atoms with E-state index in [-0.39, 0.29) is 5.75 Å². The maximum absolute atomic E-state index is 12.0. The van der Waals surface area contributed by atoms with Crippen molar-refractivity contribution in [1.29, 1.82) is 0 Å². The second kappa shape index (κ2) is 4.60. The first kappa shape index (κ1) is 12.3. The number of ether oxygens (including phenoxy) is 1. The Balaban J connectivity index is 2.23. The molecule has 90 valence electrons. The predicted octanol–water partition coefficient (Wildman–Crippen LogP) is 4.37. The topological polar surface area (TPSA) is 9.23 Å². The Morgan fingerprint density at radius 2 is 1.65 bits per heavy atom. The van der Waals surface area contributed by atoms with Gasteiger partial charge in [0.25, 0.3) is 0 Å². The lowest BCUT2D eigenvalue weighted by Crippen LogP contribution is -2.26. The molecule has 0 radical (unpaired) electrons. The highest BCUT2D eigenvalue weighted by atomic mass is 79.9. The summed E-state index contributed by atoms with van der Waals surface area (Å²) in [4.78, 5) is 0. The molecule has 0 aliphatic carbocycles. The highest BCUT2D eigenvalue weighted by Gasteiger charge is 2.24. The van der Waals surface area contributed by atoms with E-state index in [2.05, 4.69) is 15.9 Å². The van der Waals surface area contributed by atoms with E-state index >= 15 is 0 Å². The Morgan fingerprint density at radius 1 is 1.00 bits per heavy atom. The van der Waals surface area contributed by atoms with E-state index in [9.17, 15) is 12.9 Å². The summed E-state index contributed by atoms with van der Waals surface area (Å²) in [5.74, 6) is 0.235. The minimum Gasteiger partial charge on any atom is -0.522 e. The lowest BCUT2D eigenvalue weighted by atomic mass is 9.95. The quantitative estimate of drug-likeness (QED) is 0.765. The van der Waals surface area contributed by atoms with Crippen LogP contribution in [0.3, 0.4) is 0 Å². The fourth-order valence-electron chi connectivity index (χ4n) is 1.48. The molecule has 2 aromatic carbocycles. The zero-order chi connectivity index (χ0) is 12.5. The molecule has 2 aromatic rings. The average molecular weight is 304 g/mol. The lowest BCUT2D eigenvalue weighted by Gasteiger charge is -2.15. The van der Waals surface area contributed by atoms with Gasteiger partial charge in [-0.25, -0.2) is 0 Å². The average Bonchev–Trinajstić information content (AvgIpc) is 2.25. The van der Waals surface area contributed by atoms with Crippen molar-refractivity contribution < 1.29 is 17.7 Å². The number of rotatable bonds is 3. The summed E-state index contributed by atoms with van der Waals surface area (Å²) in [6.07, 6.45) is 0. The molecule has 0 saturated heterocycles. The summed E-state index contributed by atoms with van der Waals surface area (Å²) in [7, 11) is 0. The van der Waals surface area contributed by atoms with Gasteiger partial charge in [0.15, 0.2) is 0 Å². The molecule has 0 fully saturated rings. The molecule has 1 nitrogen and oxygen atoms in total. The van der Waals surface area contributed by atoms with Crippen LogP contribution in [0.4, 0.5) is 12.9 Å². The van der Waals surface area contributed by atoms with E-state index < -0.39 is 13.5 Å². The first-order valence-corrected chi connectivity index (χ1v) is 5.76. The summed E-state index contributed by atoms with van der Waals surface area (Å²) in [6, 6.07) is 10.4. The smallest absolute Gasteiger partial charge is 0.515 e. The number of halogens is 4. The molecule has 0 bridgehead atoms. The standard InChI is InChI=1S/C11H8BBrF3O/c13-10-3-1-9-6-11(4-2-8(9)5-10)17-7-12(14,15)16/h1-6H,7H2/q-1. The number of benzene rings is 2. The molecule has 0 N–H and O–H groups in total. The van der Waals surface area contributed by atoms with Crippen LogP contribution in [0.5, 0.6) is 5.75 Å². The molecular formula is C11H8BBrF3O-. The van der Waals surface area contributed by atoms with Gasteiger partial charge in [-0.05, 0) is 35.0 Å². The molecule has 0 spiro atoms. The van der Waals surface area contributed by atoms with Gasteiger partial charge in [-0.15, -0.1) is 0 Å². The van der Waals surface area contributed by atoms with Crippen molar-refractivity contribution in [3.05, 3.63) is 40.9 Å². The summed E-state index contributed by atoms with van der Waals surface area (Å²) >= 11 is 3.33. The molecule has 2 rings (SSSR count). The van der Waals surface area contributed by atoms with Crippen molar-refractivity contribution in [2.24, 2.45) is 0 Å². The fourth-order valence-corrected chi connectivity index (χ4v) is 1.85. The van der Waals surface area contributed by atoms with Crippen LogP contribution in [-0.4, -0.2) is 13.5 Å². The molecule has 0 aliphatic heterocycles. The molecule has 6 heteroatoms. The second-order valence-electron chi connectivity index (χ2n) is 3.67. The van der Waals surface area contributed by atoms with Gasteiger partial charge in [-0.3, -0.25) is 0 Å². The molecule has 0 aromatic heterocycles. The monoisotopic (exact) mass is 303 g/mol. The number of fused-ring (bicyclic) bond motifs is 1. The predicted molar refractivity (Wildman–Crippen MR) is 66.2 cm³/mol. The lowest BCUT2D eigenvalue weighted by molar-refractivity contribution is 0.313. The molecular weight excluding hydrogens is 296 g/mol. The van der Waals surface area contributed by atoms with E-state index in [4.69, 9.17) is 4.74 Å². The van der Waals surface area contributed by atoms with Crippen LogP contribution in [0.15, 0.2) is 40.9 Å². The zero-order valence-electron chi connectivity index (χ0n) is 8.67. The molecule has 0 heterocycles. The van der Waals surface area contributed by atoms with Crippen molar-refractivity contribution in [3.8, 4) is 5.75 Å². The second-order valence-corrected chi connectivity index (χ2v) is 4.59. The van der Waals surface area contributed by atoms with E-state index in [1.165, 1.54) is 6.07 Å². The van der Waals surface area contributed by atoms with E-state index in [1.54, 1.807) is 12.1 Å². The van der Waals surface area contributed by atoms with Gasteiger partial charge in [0.1, 0.15) is 5.75 Å².